The fourth-order valence-corrected chi connectivity index (χ4v) is 2.14. The molecule has 1 heterocycles. The average Bonchev–Trinajstić information content (AvgIpc) is 2.75. The van der Waals surface area contributed by atoms with Crippen molar-refractivity contribution >= 4 is 47.4 Å². The highest BCUT2D eigenvalue weighted by atomic mass is 127. The second-order valence-electron chi connectivity index (χ2n) is 5.86. The van der Waals surface area contributed by atoms with Gasteiger partial charge in [0.05, 0.1) is 11.6 Å². The van der Waals surface area contributed by atoms with Crippen LogP contribution in [0, 0.1) is 0 Å². The Bertz CT molecular complexity index is 597. The third-order valence-corrected chi connectivity index (χ3v) is 3.45. The number of aromatic nitrogens is 1. The summed E-state index contributed by atoms with van der Waals surface area (Å²) in [5, 5.41) is 3.92. The molecule has 1 aromatic rings. The van der Waals surface area contributed by atoms with Gasteiger partial charge in [0.2, 0.25) is 5.91 Å². The van der Waals surface area contributed by atoms with E-state index < -0.39 is 0 Å². The number of nitrogens with one attached hydrogen (secondary N) is 1. The molecule has 8 heteroatoms. The number of carbonyl (C=O) groups excluding carboxylic acids is 1. The van der Waals surface area contributed by atoms with Gasteiger partial charge >= 0.3 is 0 Å². The molecule has 0 saturated carbocycles. The Balaban J connectivity index is 0.00000529. The molecule has 0 radical (unpaired) electrons. The quantitative estimate of drug-likeness (QED) is 0.302. The summed E-state index contributed by atoms with van der Waals surface area (Å²) in [6, 6.07) is 1.92. The maximum Gasteiger partial charge on any atom is 0.243 e. The molecule has 0 fully saturated rings. The van der Waals surface area contributed by atoms with Crippen LogP contribution in [-0.2, 0) is 18.4 Å². The van der Waals surface area contributed by atoms with Crippen LogP contribution >= 0.6 is 35.6 Å². The van der Waals surface area contributed by atoms with E-state index in [1.54, 1.807) is 14.1 Å². The number of nitrogens with zero attached hydrogens (tertiary/aromatic N) is 4. The van der Waals surface area contributed by atoms with Gasteiger partial charge in [0.25, 0.3) is 0 Å². The highest BCUT2D eigenvalue weighted by Gasteiger charge is 2.11. The molecular formula is C16H27ClIN5O. The zero-order valence-electron chi connectivity index (χ0n) is 15.0. The Kier molecular flexibility index (Phi) is 10.1. The number of aliphatic imine (C=N–C) groups is 1. The van der Waals surface area contributed by atoms with Gasteiger partial charge in [0.15, 0.2) is 5.96 Å². The predicted molar refractivity (Wildman–Crippen MR) is 111 cm³/mol. The highest BCUT2D eigenvalue weighted by molar-refractivity contribution is 14.0. The summed E-state index contributed by atoms with van der Waals surface area (Å²) in [6.07, 6.45) is 1.86. The number of rotatable bonds is 6. The summed E-state index contributed by atoms with van der Waals surface area (Å²) in [4.78, 5) is 19.6. The van der Waals surface area contributed by atoms with Crippen LogP contribution in [0.5, 0.6) is 0 Å². The average molecular weight is 468 g/mol. The van der Waals surface area contributed by atoms with Crippen molar-refractivity contribution in [2.75, 3.05) is 34.2 Å². The second-order valence-corrected chi connectivity index (χ2v) is 6.29. The summed E-state index contributed by atoms with van der Waals surface area (Å²) in [7, 11) is 7.30. The third kappa shape index (κ3) is 7.57. The Morgan fingerprint density at radius 3 is 2.50 bits per heavy atom. The summed E-state index contributed by atoms with van der Waals surface area (Å²) in [5.41, 5.74) is 2.05. The van der Waals surface area contributed by atoms with Crippen molar-refractivity contribution in [2.24, 2.45) is 12.0 Å². The first kappa shape index (κ1) is 22.8. The Morgan fingerprint density at radius 1 is 1.42 bits per heavy atom. The number of halogens is 2. The van der Waals surface area contributed by atoms with Gasteiger partial charge in [-0.2, -0.15) is 0 Å². The number of hydrogen-bond acceptors (Lipinski definition) is 2. The highest BCUT2D eigenvalue weighted by Crippen LogP contribution is 2.14. The van der Waals surface area contributed by atoms with Crippen LogP contribution in [-0.4, -0.2) is 60.5 Å². The lowest BCUT2D eigenvalue weighted by Crippen LogP contribution is -2.40. The van der Waals surface area contributed by atoms with Gasteiger partial charge in [0.1, 0.15) is 6.54 Å². The molecule has 1 rings (SSSR count). The van der Waals surface area contributed by atoms with Crippen molar-refractivity contribution in [1.29, 1.82) is 0 Å². The first-order valence-electron chi connectivity index (χ1n) is 7.35. The minimum Gasteiger partial charge on any atom is -0.353 e. The van der Waals surface area contributed by atoms with Crippen molar-refractivity contribution in [2.45, 2.75) is 13.5 Å². The van der Waals surface area contributed by atoms with Crippen molar-refractivity contribution in [3.63, 3.8) is 0 Å². The second kappa shape index (κ2) is 10.6. The van der Waals surface area contributed by atoms with Crippen LogP contribution in [0.4, 0.5) is 0 Å². The maximum atomic E-state index is 11.8. The third-order valence-electron chi connectivity index (χ3n) is 3.25. The van der Waals surface area contributed by atoms with Crippen LogP contribution in [0.25, 0.3) is 0 Å². The Hall–Kier alpha value is -1.22. The molecule has 24 heavy (non-hydrogen) atoms. The lowest BCUT2D eigenvalue weighted by molar-refractivity contribution is -0.127. The topological polar surface area (TPSA) is 52.9 Å². The number of guanidine groups is 1. The van der Waals surface area contributed by atoms with Crippen molar-refractivity contribution in [3.05, 3.63) is 35.1 Å². The zero-order chi connectivity index (χ0) is 17.6. The van der Waals surface area contributed by atoms with Crippen LogP contribution in [0.15, 0.2) is 29.4 Å². The van der Waals surface area contributed by atoms with E-state index in [1.807, 2.05) is 42.7 Å². The van der Waals surface area contributed by atoms with Crippen molar-refractivity contribution < 1.29 is 4.79 Å². The minimum atomic E-state index is -0.0464. The molecular weight excluding hydrogens is 441 g/mol. The zero-order valence-corrected chi connectivity index (χ0v) is 18.1. The van der Waals surface area contributed by atoms with Crippen LogP contribution in [0.3, 0.4) is 0 Å². The SMILES string of the molecule is C=C(C)CNC(=NCC(=O)N(C)C)N(C)Cc1cc(Cl)cn1C.I. The molecule has 1 amide bonds. The lowest BCUT2D eigenvalue weighted by atomic mass is 10.3. The summed E-state index contributed by atoms with van der Waals surface area (Å²) in [6.45, 7) is 7.15. The molecule has 0 aromatic carbocycles. The van der Waals surface area contributed by atoms with E-state index >= 15 is 0 Å². The fraction of sp³-hybridized carbons (Fsp3) is 0.500. The van der Waals surface area contributed by atoms with E-state index in [-0.39, 0.29) is 36.4 Å². The summed E-state index contributed by atoms with van der Waals surface area (Å²) < 4.78 is 1.97. The van der Waals surface area contributed by atoms with Gasteiger partial charge in [-0.3, -0.25) is 4.79 Å². The van der Waals surface area contributed by atoms with Gasteiger partial charge in [0, 0.05) is 46.6 Å². The number of likely N-dealkylation sites (N-methyl/N-ethyl adjacent to an activating group) is 1. The van der Waals surface area contributed by atoms with Crippen LogP contribution in [0.2, 0.25) is 5.02 Å². The molecule has 0 aliphatic carbocycles. The van der Waals surface area contributed by atoms with E-state index in [0.717, 1.165) is 11.3 Å². The van der Waals surface area contributed by atoms with Gasteiger partial charge < -0.3 is 19.7 Å². The molecule has 136 valence electrons. The molecule has 0 saturated heterocycles. The van der Waals surface area contributed by atoms with Gasteiger partial charge in [-0.25, -0.2) is 4.99 Å². The monoisotopic (exact) mass is 467 g/mol. The van der Waals surface area contributed by atoms with E-state index in [9.17, 15) is 4.79 Å². The number of carbonyl (C=O) groups is 1. The largest absolute Gasteiger partial charge is 0.353 e. The Labute approximate surface area is 166 Å². The molecule has 0 spiro atoms. The Morgan fingerprint density at radius 2 is 2.04 bits per heavy atom. The molecule has 0 atom stereocenters. The number of aryl methyl sites for hydroxylation is 1. The first-order valence-corrected chi connectivity index (χ1v) is 7.73. The normalized spacial score (nSPS) is 10.8. The van der Waals surface area contributed by atoms with Gasteiger partial charge in [-0.05, 0) is 13.0 Å². The van der Waals surface area contributed by atoms with E-state index in [1.165, 1.54) is 4.90 Å². The van der Waals surface area contributed by atoms with E-state index in [4.69, 9.17) is 11.6 Å². The maximum absolute atomic E-state index is 11.8. The molecule has 0 aliphatic heterocycles. The van der Waals surface area contributed by atoms with Crippen LogP contribution in [0.1, 0.15) is 12.6 Å². The minimum absolute atomic E-state index is 0. The molecule has 1 N–H and O–H groups in total. The van der Waals surface area contributed by atoms with E-state index in [2.05, 4.69) is 16.9 Å². The predicted octanol–water partition coefficient (Wildman–Crippen LogP) is 2.34. The van der Waals surface area contributed by atoms with Gasteiger partial charge in [-0.1, -0.05) is 23.8 Å². The summed E-state index contributed by atoms with van der Waals surface area (Å²) in [5.74, 6) is 0.607. The fourth-order valence-electron chi connectivity index (χ4n) is 1.87. The van der Waals surface area contributed by atoms with Crippen molar-refractivity contribution in [1.82, 2.24) is 19.7 Å². The molecule has 0 unspecified atom stereocenters. The molecule has 1 aromatic heterocycles. The number of hydrogen-bond donors (Lipinski definition) is 1. The molecule has 0 bridgehead atoms. The summed E-state index contributed by atoms with van der Waals surface area (Å²) >= 11 is 6.02. The number of amides is 1. The smallest absolute Gasteiger partial charge is 0.243 e. The molecule has 6 nitrogen and oxygen atoms in total. The lowest BCUT2D eigenvalue weighted by Gasteiger charge is -2.23. The standard InChI is InChI=1S/C16H26ClN5O.HI/c1-12(2)8-18-16(19-9-15(23)20(3)4)22(6)11-14-7-13(17)10-21(14)5;/h7,10H,1,8-9,11H2,2-6H3,(H,18,19);1H. The van der Waals surface area contributed by atoms with E-state index in [0.29, 0.717) is 24.1 Å². The van der Waals surface area contributed by atoms with Gasteiger partial charge in [-0.15, -0.1) is 24.0 Å². The molecule has 0 aliphatic rings. The van der Waals surface area contributed by atoms with Crippen LogP contribution < -0.4 is 5.32 Å². The first-order chi connectivity index (χ1) is 10.7. The van der Waals surface area contributed by atoms with Crippen molar-refractivity contribution in [3.8, 4) is 0 Å².